The first kappa shape index (κ1) is 74.1. The van der Waals surface area contributed by atoms with E-state index in [2.05, 4.69) is 43.5 Å². The second-order valence-corrected chi connectivity index (χ2v) is 23.5. The third-order valence-corrected chi connectivity index (χ3v) is 15.9. The lowest BCUT2D eigenvalue weighted by atomic mass is 10.0. The van der Waals surface area contributed by atoms with Gasteiger partial charge in [0.15, 0.2) is 0 Å². The number of carbonyl (C=O) groups excluding carboxylic acids is 2. The number of esters is 1. The van der Waals surface area contributed by atoms with Gasteiger partial charge in [0.1, 0.15) is 0 Å². The molecule has 0 radical (unpaired) electrons. The van der Waals surface area contributed by atoms with Crippen molar-refractivity contribution in [3.05, 3.63) is 36.5 Å². The van der Waals surface area contributed by atoms with E-state index < -0.39 is 12.1 Å². The number of unbranched alkanes of at least 4 members (excludes halogenated alkanes) is 49. The number of hydrogen-bond acceptors (Lipinski definition) is 5. The maximum Gasteiger partial charge on any atom is 0.305 e. The maximum absolute atomic E-state index is 12.5. The Kier molecular flexibility index (Phi) is 63.9. The lowest BCUT2D eigenvalue weighted by Crippen LogP contribution is -2.45. The molecule has 0 bridgehead atoms. The van der Waals surface area contributed by atoms with Gasteiger partial charge in [-0.05, 0) is 83.5 Å². The van der Waals surface area contributed by atoms with Crippen molar-refractivity contribution in [3.8, 4) is 0 Å². The monoisotopic (exact) mass is 1070 g/mol. The third kappa shape index (κ3) is 61.3. The highest BCUT2D eigenvalue weighted by Gasteiger charge is 2.18. The van der Waals surface area contributed by atoms with Gasteiger partial charge in [0.2, 0.25) is 5.91 Å². The molecule has 0 aliphatic heterocycles. The average Bonchev–Trinajstić information content (AvgIpc) is 3.42. The van der Waals surface area contributed by atoms with Gasteiger partial charge in [-0.15, -0.1) is 0 Å². The fourth-order valence-electron chi connectivity index (χ4n) is 10.6. The van der Waals surface area contributed by atoms with Gasteiger partial charge in [-0.3, -0.25) is 9.59 Å². The highest BCUT2D eigenvalue weighted by Crippen LogP contribution is 2.18. The van der Waals surface area contributed by atoms with E-state index in [-0.39, 0.29) is 18.5 Å². The van der Waals surface area contributed by atoms with E-state index in [0.29, 0.717) is 19.4 Å². The van der Waals surface area contributed by atoms with Crippen LogP contribution in [-0.4, -0.2) is 47.4 Å². The highest BCUT2D eigenvalue weighted by molar-refractivity contribution is 5.76. The molecule has 76 heavy (non-hydrogen) atoms. The van der Waals surface area contributed by atoms with Crippen molar-refractivity contribution in [2.45, 2.75) is 386 Å². The molecule has 448 valence electrons. The first-order chi connectivity index (χ1) is 37.5. The van der Waals surface area contributed by atoms with Crippen molar-refractivity contribution < 1.29 is 24.5 Å². The van der Waals surface area contributed by atoms with Crippen LogP contribution < -0.4 is 5.32 Å². The molecule has 0 aromatic heterocycles. The van der Waals surface area contributed by atoms with Crippen LogP contribution in [0.5, 0.6) is 0 Å². The quantitative estimate of drug-likeness (QED) is 0.0320. The van der Waals surface area contributed by atoms with Crippen molar-refractivity contribution in [1.29, 1.82) is 0 Å². The highest BCUT2D eigenvalue weighted by atomic mass is 16.5. The van der Waals surface area contributed by atoms with Crippen molar-refractivity contribution in [2.24, 2.45) is 0 Å². The van der Waals surface area contributed by atoms with Gasteiger partial charge in [-0.25, -0.2) is 0 Å². The maximum atomic E-state index is 12.5. The molecule has 0 fully saturated rings. The Morgan fingerprint density at radius 2 is 0.618 bits per heavy atom. The summed E-state index contributed by atoms with van der Waals surface area (Å²) in [5.41, 5.74) is 0. The molecule has 0 rings (SSSR count). The Hall–Kier alpha value is -1.92. The van der Waals surface area contributed by atoms with E-state index in [1.165, 1.54) is 302 Å². The van der Waals surface area contributed by atoms with Crippen LogP contribution in [0.4, 0.5) is 0 Å². The first-order valence-electron chi connectivity index (χ1n) is 34.3. The van der Waals surface area contributed by atoms with E-state index in [1.54, 1.807) is 6.08 Å². The van der Waals surface area contributed by atoms with Gasteiger partial charge in [0.05, 0.1) is 25.4 Å². The molecule has 1 amide bonds. The Bertz CT molecular complexity index is 1230. The van der Waals surface area contributed by atoms with Crippen LogP contribution in [0.2, 0.25) is 0 Å². The number of aliphatic hydroxyl groups excluding tert-OH is 2. The SMILES string of the molecule is CCCCC/C=C\CCCCCCCC(=O)OCCCCCCCCCCCCCC/C=C\CCCCCCCCCCC(=O)NC(CO)C(O)/C=C/CCCCCCCCCCCCCCCCCCCCCCC. The molecule has 2 unspecified atom stereocenters. The molecule has 0 aliphatic carbocycles. The molecular formula is C70H133NO5. The van der Waals surface area contributed by atoms with Crippen molar-refractivity contribution in [2.75, 3.05) is 13.2 Å². The van der Waals surface area contributed by atoms with Gasteiger partial charge in [0, 0.05) is 12.8 Å². The van der Waals surface area contributed by atoms with Crippen molar-refractivity contribution in [1.82, 2.24) is 5.32 Å². The molecule has 0 spiro atoms. The molecule has 0 aromatic carbocycles. The zero-order chi connectivity index (χ0) is 55.0. The van der Waals surface area contributed by atoms with Crippen LogP contribution in [-0.2, 0) is 14.3 Å². The molecule has 2 atom stereocenters. The van der Waals surface area contributed by atoms with E-state index >= 15 is 0 Å². The van der Waals surface area contributed by atoms with Crippen molar-refractivity contribution >= 4 is 11.9 Å². The van der Waals surface area contributed by atoms with Crippen LogP contribution in [0.1, 0.15) is 373 Å². The Morgan fingerprint density at radius 3 is 0.961 bits per heavy atom. The second kappa shape index (κ2) is 65.6. The number of carbonyl (C=O) groups is 2. The van der Waals surface area contributed by atoms with Gasteiger partial charge in [-0.2, -0.15) is 0 Å². The first-order valence-corrected chi connectivity index (χ1v) is 34.3. The Balaban J connectivity index is 3.44. The third-order valence-electron chi connectivity index (χ3n) is 15.9. The van der Waals surface area contributed by atoms with Crippen LogP contribution >= 0.6 is 0 Å². The van der Waals surface area contributed by atoms with Gasteiger partial charge in [0.25, 0.3) is 0 Å². The molecule has 3 N–H and O–H groups in total. The summed E-state index contributed by atoms with van der Waals surface area (Å²) >= 11 is 0. The molecule has 0 aliphatic rings. The topological polar surface area (TPSA) is 95.9 Å². The molecule has 0 heterocycles. The minimum absolute atomic E-state index is 0.00226. The van der Waals surface area contributed by atoms with Crippen LogP contribution in [0.3, 0.4) is 0 Å². The van der Waals surface area contributed by atoms with E-state index in [0.717, 1.165) is 44.9 Å². The number of aliphatic hydroxyl groups is 2. The number of ether oxygens (including phenoxy) is 1. The Labute approximate surface area is 474 Å². The van der Waals surface area contributed by atoms with Gasteiger partial charge in [-0.1, -0.05) is 314 Å². The van der Waals surface area contributed by atoms with Crippen molar-refractivity contribution in [3.63, 3.8) is 0 Å². The second-order valence-electron chi connectivity index (χ2n) is 23.5. The summed E-state index contributed by atoms with van der Waals surface area (Å²) in [7, 11) is 0. The molecule has 0 aromatic rings. The standard InChI is InChI=1S/C70H133NO5/c1-3-5-7-9-11-13-15-17-18-19-20-21-24-27-30-33-36-39-42-46-50-54-58-62-68(73)67(66-72)71-69(74)63-59-55-51-47-43-40-37-34-31-28-25-22-23-26-29-32-35-38-41-45-49-53-57-61-65-76-70(75)64-60-56-52-48-44-16-14-12-10-8-6-4-2/h12,14,25,28,58,62,67-68,72-73H,3-11,13,15-24,26-27,29-57,59-61,63-66H2,1-2H3,(H,71,74)/b14-12-,28-25-,62-58+. The summed E-state index contributed by atoms with van der Waals surface area (Å²) in [5.74, 6) is -0.0668. The number of rotatable bonds is 64. The molecular weight excluding hydrogens is 935 g/mol. The summed E-state index contributed by atoms with van der Waals surface area (Å²) in [5, 5.41) is 23.3. The molecule has 0 saturated carbocycles. The predicted molar refractivity (Wildman–Crippen MR) is 333 cm³/mol. The number of allylic oxidation sites excluding steroid dienone is 5. The number of nitrogens with one attached hydrogen (secondary N) is 1. The van der Waals surface area contributed by atoms with E-state index in [4.69, 9.17) is 4.74 Å². The fraction of sp³-hybridized carbons (Fsp3) is 0.886. The van der Waals surface area contributed by atoms with Gasteiger partial charge < -0.3 is 20.3 Å². The minimum Gasteiger partial charge on any atom is -0.466 e. The largest absolute Gasteiger partial charge is 0.466 e. The lowest BCUT2D eigenvalue weighted by Gasteiger charge is -2.20. The number of hydrogen-bond donors (Lipinski definition) is 3. The minimum atomic E-state index is -0.849. The molecule has 0 saturated heterocycles. The lowest BCUT2D eigenvalue weighted by molar-refractivity contribution is -0.143. The summed E-state index contributed by atoms with van der Waals surface area (Å²) in [6.07, 6.45) is 83.5. The molecule has 6 heteroatoms. The van der Waals surface area contributed by atoms with E-state index in [1.807, 2.05) is 6.08 Å². The van der Waals surface area contributed by atoms with Gasteiger partial charge >= 0.3 is 5.97 Å². The van der Waals surface area contributed by atoms with Crippen LogP contribution in [0.15, 0.2) is 36.5 Å². The Morgan fingerprint density at radius 1 is 0.355 bits per heavy atom. The summed E-state index contributed by atoms with van der Waals surface area (Å²) in [6.45, 7) is 4.90. The predicted octanol–water partition coefficient (Wildman–Crippen LogP) is 21.9. The van der Waals surface area contributed by atoms with E-state index in [9.17, 15) is 19.8 Å². The summed E-state index contributed by atoms with van der Waals surface area (Å²) in [4.78, 5) is 24.5. The zero-order valence-electron chi connectivity index (χ0n) is 51.3. The van der Waals surface area contributed by atoms with Crippen LogP contribution in [0.25, 0.3) is 0 Å². The summed E-state index contributed by atoms with van der Waals surface area (Å²) < 4.78 is 5.47. The smallest absolute Gasteiger partial charge is 0.305 e. The molecule has 6 nitrogen and oxygen atoms in total. The summed E-state index contributed by atoms with van der Waals surface area (Å²) in [6, 6.07) is -0.633. The zero-order valence-corrected chi connectivity index (χ0v) is 51.3. The van der Waals surface area contributed by atoms with Crippen LogP contribution in [0, 0.1) is 0 Å². The average molecular weight is 1070 g/mol. The fourth-order valence-corrected chi connectivity index (χ4v) is 10.6. The number of amides is 1. The normalized spacial score (nSPS) is 12.7.